The Morgan fingerprint density at radius 3 is 2.78 bits per heavy atom. The van der Waals surface area contributed by atoms with Gasteiger partial charge in [-0.25, -0.2) is 0 Å². The van der Waals surface area contributed by atoms with Gasteiger partial charge in [0, 0.05) is 24.8 Å². The fraction of sp³-hybridized carbons (Fsp3) is 0.632. The lowest BCUT2D eigenvalue weighted by Crippen LogP contribution is -2.40. The second kappa shape index (κ2) is 7.35. The van der Waals surface area contributed by atoms with Crippen molar-refractivity contribution in [3.8, 4) is 0 Å². The molecule has 4 heteroatoms. The van der Waals surface area contributed by atoms with Crippen LogP contribution in [0.15, 0.2) is 24.3 Å². The third-order valence-corrected chi connectivity index (χ3v) is 5.56. The van der Waals surface area contributed by atoms with E-state index in [0.717, 1.165) is 38.4 Å². The summed E-state index contributed by atoms with van der Waals surface area (Å²) in [4.78, 5) is 13.8. The molecule has 0 aromatic heterocycles. The average Bonchev–Trinajstić information content (AvgIpc) is 2.47. The van der Waals surface area contributed by atoms with Crippen LogP contribution < -0.4 is 11.1 Å². The van der Waals surface area contributed by atoms with Crippen molar-refractivity contribution in [2.24, 2.45) is 17.6 Å². The Kier molecular flexibility index (Phi) is 5.21. The number of benzene rings is 1. The van der Waals surface area contributed by atoms with Crippen LogP contribution in [0.5, 0.6) is 0 Å². The number of anilines is 1. The molecule has 1 saturated carbocycles. The lowest BCUT2D eigenvalue weighted by Gasteiger charge is -2.34. The van der Waals surface area contributed by atoms with Crippen LogP contribution in [0.1, 0.15) is 44.6 Å². The molecule has 1 amide bonds. The number of carbonyl (C=O) groups is 1. The van der Waals surface area contributed by atoms with Gasteiger partial charge in [-0.2, -0.15) is 0 Å². The maximum absolute atomic E-state index is 11.5. The zero-order chi connectivity index (χ0) is 16.2. The van der Waals surface area contributed by atoms with Crippen LogP contribution in [0.2, 0.25) is 0 Å². The molecule has 1 saturated heterocycles. The minimum absolute atomic E-state index is 0.0118. The van der Waals surface area contributed by atoms with E-state index in [-0.39, 0.29) is 11.8 Å². The number of piperidine rings is 1. The fourth-order valence-corrected chi connectivity index (χ4v) is 3.77. The summed E-state index contributed by atoms with van der Waals surface area (Å²) in [6, 6.07) is 9.11. The fourth-order valence-electron chi connectivity index (χ4n) is 3.77. The van der Waals surface area contributed by atoms with Gasteiger partial charge in [-0.1, -0.05) is 24.6 Å². The van der Waals surface area contributed by atoms with E-state index in [9.17, 15) is 4.79 Å². The molecule has 1 aliphatic heterocycles. The van der Waals surface area contributed by atoms with Crippen molar-refractivity contribution in [2.75, 3.05) is 18.4 Å². The summed E-state index contributed by atoms with van der Waals surface area (Å²) in [5, 5.41) is 3.72. The van der Waals surface area contributed by atoms with E-state index in [1.807, 2.05) is 0 Å². The molecule has 4 nitrogen and oxygen atoms in total. The Hall–Kier alpha value is -1.55. The van der Waals surface area contributed by atoms with E-state index in [1.54, 1.807) is 0 Å². The van der Waals surface area contributed by atoms with Gasteiger partial charge in [0.25, 0.3) is 0 Å². The van der Waals surface area contributed by atoms with Gasteiger partial charge >= 0.3 is 0 Å². The number of hydrogen-bond donors (Lipinski definition) is 2. The van der Waals surface area contributed by atoms with Crippen LogP contribution in [0, 0.1) is 11.8 Å². The van der Waals surface area contributed by atoms with Gasteiger partial charge in [-0.05, 0) is 56.7 Å². The van der Waals surface area contributed by atoms with Gasteiger partial charge in [-0.3, -0.25) is 9.69 Å². The molecule has 0 spiro atoms. The van der Waals surface area contributed by atoms with Gasteiger partial charge in [0.15, 0.2) is 0 Å². The minimum atomic E-state index is -0.153. The van der Waals surface area contributed by atoms with E-state index in [4.69, 9.17) is 5.73 Å². The van der Waals surface area contributed by atoms with Gasteiger partial charge in [0.05, 0.1) is 5.92 Å². The Labute approximate surface area is 139 Å². The Morgan fingerprint density at radius 2 is 2.09 bits per heavy atom. The summed E-state index contributed by atoms with van der Waals surface area (Å²) in [6.45, 7) is 5.03. The largest absolute Gasteiger partial charge is 0.382 e. The number of hydrogen-bond acceptors (Lipinski definition) is 3. The van der Waals surface area contributed by atoms with Gasteiger partial charge < -0.3 is 11.1 Å². The number of amides is 1. The van der Waals surface area contributed by atoms with Crippen molar-refractivity contribution in [1.29, 1.82) is 0 Å². The van der Waals surface area contributed by atoms with Gasteiger partial charge in [0.2, 0.25) is 5.91 Å². The molecule has 3 rings (SSSR count). The number of nitrogens with zero attached hydrogens (tertiary/aromatic N) is 1. The topological polar surface area (TPSA) is 58.4 Å². The summed E-state index contributed by atoms with van der Waals surface area (Å²) < 4.78 is 0. The second-order valence-corrected chi connectivity index (χ2v) is 7.26. The van der Waals surface area contributed by atoms with Crippen LogP contribution in [0.3, 0.4) is 0 Å². The number of primary amides is 1. The number of carbonyl (C=O) groups excluding carboxylic acids is 1. The lowest BCUT2D eigenvalue weighted by molar-refractivity contribution is -0.123. The number of nitrogens with one attached hydrogen (secondary N) is 1. The molecule has 1 aliphatic carbocycles. The Bertz CT molecular complexity index is 541. The highest BCUT2D eigenvalue weighted by Crippen LogP contribution is 2.32. The molecule has 126 valence electrons. The summed E-state index contributed by atoms with van der Waals surface area (Å²) in [5.41, 5.74) is 8.06. The van der Waals surface area contributed by atoms with E-state index < -0.39 is 0 Å². The van der Waals surface area contributed by atoms with E-state index >= 15 is 0 Å². The van der Waals surface area contributed by atoms with Crippen LogP contribution in [-0.2, 0) is 11.3 Å². The zero-order valence-electron chi connectivity index (χ0n) is 14.1. The van der Waals surface area contributed by atoms with E-state index in [2.05, 4.69) is 41.4 Å². The molecular formula is C19H29N3O. The standard InChI is InChI=1S/C19H29N3O/c1-14(15-7-4-8-15)21-18-10-3-2-6-16(18)12-22-11-5-9-17(13-22)19(20)23/h2-3,6,10,14-15,17,21H,4-5,7-9,11-13H2,1H3,(H2,20,23). The third kappa shape index (κ3) is 4.05. The number of rotatable bonds is 6. The molecule has 2 atom stereocenters. The molecule has 2 unspecified atom stereocenters. The molecule has 2 aliphatic rings. The molecule has 1 aromatic carbocycles. The first-order valence-electron chi connectivity index (χ1n) is 8.99. The average molecular weight is 315 g/mol. The minimum Gasteiger partial charge on any atom is -0.382 e. The second-order valence-electron chi connectivity index (χ2n) is 7.26. The van der Waals surface area contributed by atoms with Crippen LogP contribution in [-0.4, -0.2) is 29.9 Å². The maximum atomic E-state index is 11.5. The highest BCUT2D eigenvalue weighted by Gasteiger charge is 2.26. The molecule has 23 heavy (non-hydrogen) atoms. The molecule has 1 aromatic rings. The summed E-state index contributed by atoms with van der Waals surface area (Å²) >= 11 is 0. The van der Waals surface area contributed by atoms with Crippen molar-refractivity contribution in [2.45, 2.75) is 51.6 Å². The normalized spacial score (nSPS) is 24.0. The lowest BCUT2D eigenvalue weighted by atomic mass is 9.80. The molecular weight excluding hydrogens is 286 g/mol. The first-order valence-corrected chi connectivity index (χ1v) is 8.99. The quantitative estimate of drug-likeness (QED) is 0.848. The highest BCUT2D eigenvalue weighted by molar-refractivity contribution is 5.76. The number of nitrogens with two attached hydrogens (primary N) is 1. The first-order chi connectivity index (χ1) is 11.1. The predicted molar refractivity (Wildman–Crippen MR) is 94.1 cm³/mol. The Balaban J connectivity index is 1.64. The summed E-state index contributed by atoms with van der Waals surface area (Å²) in [7, 11) is 0. The third-order valence-electron chi connectivity index (χ3n) is 5.56. The highest BCUT2D eigenvalue weighted by atomic mass is 16.1. The molecule has 2 fully saturated rings. The first kappa shape index (κ1) is 16.3. The molecule has 0 bridgehead atoms. The van der Waals surface area contributed by atoms with Crippen LogP contribution in [0.4, 0.5) is 5.69 Å². The number of likely N-dealkylation sites (tertiary alicyclic amines) is 1. The van der Waals surface area contributed by atoms with E-state index in [1.165, 1.54) is 30.5 Å². The Morgan fingerprint density at radius 1 is 1.30 bits per heavy atom. The van der Waals surface area contributed by atoms with Gasteiger partial charge in [0.1, 0.15) is 0 Å². The van der Waals surface area contributed by atoms with E-state index in [0.29, 0.717) is 6.04 Å². The SMILES string of the molecule is CC(Nc1ccccc1CN1CCCC(C(N)=O)C1)C1CCC1. The van der Waals surface area contributed by atoms with Crippen LogP contribution in [0.25, 0.3) is 0 Å². The molecule has 1 heterocycles. The van der Waals surface area contributed by atoms with Crippen molar-refractivity contribution < 1.29 is 4.79 Å². The van der Waals surface area contributed by atoms with Crippen molar-refractivity contribution in [3.05, 3.63) is 29.8 Å². The molecule has 0 radical (unpaired) electrons. The van der Waals surface area contributed by atoms with Crippen molar-refractivity contribution >= 4 is 11.6 Å². The van der Waals surface area contributed by atoms with Crippen molar-refractivity contribution in [3.63, 3.8) is 0 Å². The maximum Gasteiger partial charge on any atom is 0.221 e. The molecule has 3 N–H and O–H groups in total. The van der Waals surface area contributed by atoms with Gasteiger partial charge in [-0.15, -0.1) is 0 Å². The monoisotopic (exact) mass is 315 g/mol. The summed E-state index contributed by atoms with van der Waals surface area (Å²) in [5.74, 6) is 0.676. The van der Waals surface area contributed by atoms with Crippen molar-refractivity contribution in [1.82, 2.24) is 4.90 Å². The van der Waals surface area contributed by atoms with Crippen LogP contribution >= 0.6 is 0 Å². The number of para-hydroxylation sites is 1. The summed E-state index contributed by atoms with van der Waals surface area (Å²) in [6.07, 6.45) is 6.07. The smallest absolute Gasteiger partial charge is 0.221 e. The predicted octanol–water partition coefficient (Wildman–Crippen LogP) is 2.98. The zero-order valence-corrected chi connectivity index (χ0v) is 14.1.